The summed E-state index contributed by atoms with van der Waals surface area (Å²) in [5, 5.41) is 1.11. The van der Waals surface area contributed by atoms with E-state index < -0.39 is 0 Å². The molecule has 2 heterocycles. The van der Waals surface area contributed by atoms with Gasteiger partial charge in [0.2, 0.25) is 5.95 Å². The predicted molar refractivity (Wildman–Crippen MR) is 73.5 cm³/mol. The molecule has 3 N–H and O–H groups in total. The number of nitrogens with zero attached hydrogens (tertiary/aromatic N) is 3. The molecular weight excluding hydrogens is 234 g/mol. The minimum Gasteiger partial charge on any atom is -0.359 e. The summed E-state index contributed by atoms with van der Waals surface area (Å²) in [6.07, 6.45) is 1.02. The zero-order valence-electron chi connectivity index (χ0n) is 10.3. The number of aromatic nitrogens is 2. The molecule has 0 radical (unpaired) electrons. The molecule has 0 saturated carbocycles. The zero-order chi connectivity index (χ0) is 12.4. The van der Waals surface area contributed by atoms with Gasteiger partial charge in [0.15, 0.2) is 0 Å². The van der Waals surface area contributed by atoms with Crippen LogP contribution in [0.25, 0.3) is 10.2 Å². The van der Waals surface area contributed by atoms with Crippen LogP contribution >= 0.6 is 11.3 Å². The predicted octanol–water partition coefficient (Wildman–Crippen LogP) is 2.00. The van der Waals surface area contributed by atoms with Crippen LogP contribution in [0.2, 0.25) is 0 Å². The SMILES string of the molecule is CCc1cc2c(N(C)CC)nc(NN)nc2s1. The number of nitrogens with two attached hydrogens (primary N) is 1. The lowest BCUT2D eigenvalue weighted by Gasteiger charge is -2.16. The minimum atomic E-state index is 0.470. The number of hydrogen-bond acceptors (Lipinski definition) is 6. The maximum Gasteiger partial charge on any atom is 0.240 e. The smallest absolute Gasteiger partial charge is 0.240 e. The number of hydrazine groups is 1. The van der Waals surface area contributed by atoms with Crippen LogP contribution in [0.1, 0.15) is 18.7 Å². The van der Waals surface area contributed by atoms with Crippen molar-refractivity contribution in [2.75, 3.05) is 23.9 Å². The molecule has 2 aromatic rings. The molecule has 0 saturated heterocycles. The number of anilines is 2. The zero-order valence-corrected chi connectivity index (χ0v) is 11.1. The van der Waals surface area contributed by atoms with Crippen LogP contribution in [-0.4, -0.2) is 23.6 Å². The normalized spacial score (nSPS) is 10.8. The second kappa shape index (κ2) is 4.85. The van der Waals surface area contributed by atoms with Crippen molar-refractivity contribution in [1.29, 1.82) is 0 Å². The molecule has 0 aliphatic heterocycles. The molecule has 2 rings (SSSR count). The summed E-state index contributed by atoms with van der Waals surface area (Å²) in [4.78, 5) is 13.2. The molecule has 92 valence electrons. The molecule has 0 aliphatic carbocycles. The Morgan fingerprint density at radius 3 is 2.76 bits per heavy atom. The van der Waals surface area contributed by atoms with E-state index in [4.69, 9.17) is 5.84 Å². The van der Waals surface area contributed by atoms with Gasteiger partial charge in [-0.1, -0.05) is 6.92 Å². The highest BCUT2D eigenvalue weighted by molar-refractivity contribution is 7.18. The molecule has 0 aliphatic rings. The minimum absolute atomic E-state index is 0.470. The molecule has 0 spiro atoms. The van der Waals surface area contributed by atoms with E-state index in [-0.39, 0.29) is 0 Å². The number of fused-ring (bicyclic) bond motifs is 1. The van der Waals surface area contributed by atoms with Crippen LogP contribution in [0.3, 0.4) is 0 Å². The number of aryl methyl sites for hydroxylation is 1. The molecule has 0 amide bonds. The van der Waals surface area contributed by atoms with Gasteiger partial charge in [0.05, 0.1) is 5.39 Å². The lowest BCUT2D eigenvalue weighted by atomic mass is 10.3. The fraction of sp³-hybridized carbons (Fsp3) is 0.455. The quantitative estimate of drug-likeness (QED) is 0.642. The van der Waals surface area contributed by atoms with E-state index in [1.165, 1.54) is 4.88 Å². The molecule has 6 heteroatoms. The highest BCUT2D eigenvalue weighted by Gasteiger charge is 2.13. The number of nitrogen functional groups attached to an aromatic ring is 1. The fourth-order valence-electron chi connectivity index (χ4n) is 1.64. The van der Waals surface area contributed by atoms with E-state index in [0.717, 1.165) is 29.0 Å². The van der Waals surface area contributed by atoms with Gasteiger partial charge in [0.25, 0.3) is 0 Å². The number of nitrogens with one attached hydrogen (secondary N) is 1. The number of rotatable bonds is 4. The highest BCUT2D eigenvalue weighted by Crippen LogP contribution is 2.31. The van der Waals surface area contributed by atoms with E-state index in [1.54, 1.807) is 11.3 Å². The Morgan fingerprint density at radius 1 is 1.41 bits per heavy atom. The topological polar surface area (TPSA) is 67.1 Å². The molecule has 0 fully saturated rings. The molecule has 2 aromatic heterocycles. The van der Waals surface area contributed by atoms with Crippen molar-refractivity contribution in [1.82, 2.24) is 9.97 Å². The largest absolute Gasteiger partial charge is 0.359 e. The van der Waals surface area contributed by atoms with Crippen molar-refractivity contribution >= 4 is 33.3 Å². The van der Waals surface area contributed by atoms with Crippen molar-refractivity contribution < 1.29 is 0 Å². The Kier molecular flexibility index (Phi) is 3.44. The summed E-state index contributed by atoms with van der Waals surface area (Å²) in [7, 11) is 2.02. The fourth-order valence-corrected chi connectivity index (χ4v) is 2.60. The Morgan fingerprint density at radius 2 is 2.18 bits per heavy atom. The van der Waals surface area contributed by atoms with Gasteiger partial charge in [-0.2, -0.15) is 4.98 Å². The average molecular weight is 251 g/mol. The van der Waals surface area contributed by atoms with E-state index >= 15 is 0 Å². The van der Waals surface area contributed by atoms with E-state index in [1.807, 2.05) is 7.05 Å². The first-order valence-corrected chi connectivity index (χ1v) is 6.49. The Labute approximate surface area is 105 Å². The Bertz CT molecular complexity index is 522. The number of thiophene rings is 1. The lowest BCUT2D eigenvalue weighted by Crippen LogP contribution is -2.19. The van der Waals surface area contributed by atoms with Gasteiger partial charge < -0.3 is 4.90 Å². The third-order valence-electron chi connectivity index (χ3n) is 2.74. The second-order valence-corrected chi connectivity index (χ2v) is 4.93. The van der Waals surface area contributed by atoms with Gasteiger partial charge >= 0.3 is 0 Å². The molecule has 0 aromatic carbocycles. The third kappa shape index (κ3) is 2.18. The van der Waals surface area contributed by atoms with Gasteiger partial charge in [0, 0.05) is 18.5 Å². The van der Waals surface area contributed by atoms with Gasteiger partial charge in [0.1, 0.15) is 10.6 Å². The summed E-state index contributed by atoms with van der Waals surface area (Å²) < 4.78 is 0. The summed E-state index contributed by atoms with van der Waals surface area (Å²) in [5.74, 6) is 6.80. The summed E-state index contributed by atoms with van der Waals surface area (Å²) >= 11 is 1.70. The van der Waals surface area contributed by atoms with Crippen LogP contribution in [0.15, 0.2) is 6.07 Å². The van der Waals surface area contributed by atoms with Crippen LogP contribution in [-0.2, 0) is 6.42 Å². The highest BCUT2D eigenvalue weighted by atomic mass is 32.1. The molecule has 0 atom stereocenters. The van der Waals surface area contributed by atoms with E-state index in [0.29, 0.717) is 5.95 Å². The van der Waals surface area contributed by atoms with Crippen LogP contribution < -0.4 is 16.2 Å². The Balaban J connectivity index is 2.64. The molecule has 5 nitrogen and oxygen atoms in total. The van der Waals surface area contributed by atoms with E-state index in [9.17, 15) is 0 Å². The second-order valence-electron chi connectivity index (χ2n) is 3.81. The molecule has 0 unspecified atom stereocenters. The third-order valence-corrected chi connectivity index (χ3v) is 3.91. The van der Waals surface area contributed by atoms with Crippen molar-refractivity contribution in [2.24, 2.45) is 5.84 Å². The van der Waals surface area contributed by atoms with Crippen molar-refractivity contribution in [3.63, 3.8) is 0 Å². The van der Waals surface area contributed by atoms with Crippen LogP contribution in [0, 0.1) is 0 Å². The molecule has 0 bridgehead atoms. The van der Waals surface area contributed by atoms with Gasteiger partial charge in [-0.15, -0.1) is 11.3 Å². The number of hydrogen-bond donors (Lipinski definition) is 2. The first kappa shape index (κ1) is 12.1. The molecular formula is C11H17N5S. The maximum absolute atomic E-state index is 5.40. The average Bonchev–Trinajstić information content (AvgIpc) is 2.79. The van der Waals surface area contributed by atoms with Gasteiger partial charge in [-0.25, -0.2) is 10.8 Å². The van der Waals surface area contributed by atoms with Crippen molar-refractivity contribution in [3.05, 3.63) is 10.9 Å². The van der Waals surface area contributed by atoms with E-state index in [2.05, 4.69) is 40.2 Å². The summed E-state index contributed by atoms with van der Waals surface area (Å²) in [6, 6.07) is 2.17. The van der Waals surface area contributed by atoms with Crippen LogP contribution in [0.5, 0.6) is 0 Å². The summed E-state index contributed by atoms with van der Waals surface area (Å²) in [5.41, 5.74) is 2.52. The van der Waals surface area contributed by atoms with Gasteiger partial charge in [-0.3, -0.25) is 5.43 Å². The lowest BCUT2D eigenvalue weighted by molar-refractivity contribution is 0.940. The first-order chi connectivity index (χ1) is 8.19. The monoisotopic (exact) mass is 251 g/mol. The standard InChI is InChI=1S/C11H17N5S/c1-4-7-6-8-9(16(3)5-2)13-11(15-12)14-10(8)17-7/h6H,4-5,12H2,1-3H3,(H,13,14,15). The maximum atomic E-state index is 5.40. The van der Waals surface area contributed by atoms with Crippen molar-refractivity contribution in [2.45, 2.75) is 20.3 Å². The molecule has 17 heavy (non-hydrogen) atoms. The Hall–Kier alpha value is -1.40. The van der Waals surface area contributed by atoms with Gasteiger partial charge in [-0.05, 0) is 19.4 Å². The first-order valence-electron chi connectivity index (χ1n) is 5.67. The van der Waals surface area contributed by atoms with Crippen molar-refractivity contribution in [3.8, 4) is 0 Å². The summed E-state index contributed by atoms with van der Waals surface area (Å²) in [6.45, 7) is 5.13. The van der Waals surface area contributed by atoms with Crippen LogP contribution in [0.4, 0.5) is 11.8 Å².